The van der Waals surface area contributed by atoms with Gasteiger partial charge < -0.3 is 9.30 Å². The predicted octanol–water partition coefficient (Wildman–Crippen LogP) is 5.41. The van der Waals surface area contributed by atoms with Crippen LogP contribution in [-0.2, 0) is 9.53 Å². The highest BCUT2D eigenvalue weighted by Gasteiger charge is 2.23. The van der Waals surface area contributed by atoms with Crippen molar-refractivity contribution in [3.63, 3.8) is 0 Å². The van der Waals surface area contributed by atoms with Crippen LogP contribution < -0.4 is 5.56 Å². The molecule has 180 valence electrons. The molecule has 0 amide bonds. The van der Waals surface area contributed by atoms with Gasteiger partial charge in [0.15, 0.2) is 0 Å². The summed E-state index contributed by atoms with van der Waals surface area (Å²) >= 11 is 0. The van der Waals surface area contributed by atoms with E-state index in [4.69, 9.17) is 14.8 Å². The summed E-state index contributed by atoms with van der Waals surface area (Å²) in [6, 6.07) is 14.8. The van der Waals surface area contributed by atoms with Crippen molar-refractivity contribution in [3.8, 4) is 0 Å². The maximum Gasteiger partial charge on any atom is 0.328 e. The molecule has 5 rings (SSSR count). The van der Waals surface area contributed by atoms with Gasteiger partial charge in [0.25, 0.3) is 5.56 Å². The molecule has 7 nitrogen and oxygen atoms in total. The van der Waals surface area contributed by atoms with Gasteiger partial charge in [0, 0.05) is 28.6 Å². The van der Waals surface area contributed by atoms with E-state index in [1.165, 1.54) is 11.1 Å². The van der Waals surface area contributed by atoms with Crippen molar-refractivity contribution in [2.24, 2.45) is 5.10 Å². The summed E-state index contributed by atoms with van der Waals surface area (Å²) in [6.45, 7) is 3.96. The Morgan fingerprint density at radius 1 is 1.11 bits per heavy atom. The SMILES string of the molecule is CCOC(=O)[C@@H](C)n1cc(C=Nn2c(C3CCCCC3)nc3ccccc3c2=O)c2ccccc21. The zero-order chi connectivity index (χ0) is 24.4. The molecule has 1 fully saturated rings. The van der Waals surface area contributed by atoms with E-state index < -0.39 is 6.04 Å². The standard InChI is InChI=1S/C28H30N4O3/c1-3-35-28(34)19(2)31-18-21(22-13-8-10-16-25(22)31)17-29-32-26(20-11-5-4-6-12-20)30-24-15-9-7-14-23(24)27(32)33/h7-10,13-20H,3-6,11-12H2,1-2H3/t19-/m1/s1. The molecule has 2 aromatic heterocycles. The summed E-state index contributed by atoms with van der Waals surface area (Å²) < 4.78 is 8.62. The summed E-state index contributed by atoms with van der Waals surface area (Å²) in [5, 5.41) is 6.20. The molecule has 2 aromatic carbocycles. The van der Waals surface area contributed by atoms with Gasteiger partial charge >= 0.3 is 5.97 Å². The number of rotatable bonds is 6. The topological polar surface area (TPSA) is 78.5 Å². The number of hydrogen-bond acceptors (Lipinski definition) is 5. The first-order valence-electron chi connectivity index (χ1n) is 12.4. The molecule has 0 saturated heterocycles. The van der Waals surface area contributed by atoms with Gasteiger partial charge in [0.2, 0.25) is 0 Å². The van der Waals surface area contributed by atoms with Crippen LogP contribution in [0.2, 0.25) is 0 Å². The van der Waals surface area contributed by atoms with Gasteiger partial charge in [-0.2, -0.15) is 9.78 Å². The number of carbonyl (C=O) groups excluding carboxylic acids is 1. The fourth-order valence-electron chi connectivity index (χ4n) is 5.03. The van der Waals surface area contributed by atoms with Gasteiger partial charge in [-0.3, -0.25) is 4.79 Å². The average molecular weight is 471 g/mol. The number of hydrogen-bond donors (Lipinski definition) is 0. The second-order valence-corrected chi connectivity index (χ2v) is 9.12. The third-order valence-electron chi connectivity index (χ3n) is 6.88. The third kappa shape index (κ3) is 4.38. The fourth-order valence-corrected chi connectivity index (χ4v) is 5.03. The Kier molecular flexibility index (Phi) is 6.49. The molecule has 1 aliphatic carbocycles. The number of para-hydroxylation sites is 2. The number of aromatic nitrogens is 3. The van der Waals surface area contributed by atoms with E-state index in [1.807, 2.05) is 60.2 Å². The van der Waals surface area contributed by atoms with Gasteiger partial charge in [0.05, 0.1) is 23.7 Å². The quantitative estimate of drug-likeness (QED) is 0.279. The zero-order valence-corrected chi connectivity index (χ0v) is 20.2. The number of nitrogens with zero attached hydrogens (tertiary/aromatic N) is 4. The van der Waals surface area contributed by atoms with Crippen LogP contribution in [0.25, 0.3) is 21.8 Å². The lowest BCUT2D eigenvalue weighted by Gasteiger charge is -2.22. The minimum absolute atomic E-state index is 0.156. The molecule has 0 aliphatic heterocycles. The monoisotopic (exact) mass is 470 g/mol. The van der Waals surface area contributed by atoms with Crippen molar-refractivity contribution in [2.45, 2.75) is 57.9 Å². The van der Waals surface area contributed by atoms with Gasteiger partial charge in [0.1, 0.15) is 11.9 Å². The minimum Gasteiger partial charge on any atom is -0.464 e. The molecule has 1 aliphatic rings. The van der Waals surface area contributed by atoms with E-state index in [9.17, 15) is 9.59 Å². The van der Waals surface area contributed by atoms with E-state index >= 15 is 0 Å². The summed E-state index contributed by atoms with van der Waals surface area (Å²) in [5.74, 6) is 0.655. The fraction of sp³-hybridized carbons (Fsp3) is 0.357. The first-order valence-corrected chi connectivity index (χ1v) is 12.4. The Labute approximate surface area is 204 Å². The Balaban J connectivity index is 1.62. The van der Waals surface area contributed by atoms with Gasteiger partial charge in [-0.1, -0.05) is 49.6 Å². The number of ether oxygens (including phenoxy) is 1. The molecule has 1 saturated carbocycles. The largest absolute Gasteiger partial charge is 0.464 e. The molecule has 0 N–H and O–H groups in total. The van der Waals surface area contributed by atoms with Crippen molar-refractivity contribution < 1.29 is 9.53 Å². The molecule has 0 unspecified atom stereocenters. The van der Waals surface area contributed by atoms with E-state index in [-0.39, 0.29) is 17.4 Å². The molecule has 0 radical (unpaired) electrons. The van der Waals surface area contributed by atoms with Crippen LogP contribution in [0.5, 0.6) is 0 Å². The summed E-state index contributed by atoms with van der Waals surface area (Å²) in [6.07, 6.45) is 9.12. The highest BCUT2D eigenvalue weighted by atomic mass is 16.5. The van der Waals surface area contributed by atoms with Crippen molar-refractivity contribution in [2.75, 3.05) is 6.61 Å². The first kappa shape index (κ1) is 23.0. The van der Waals surface area contributed by atoms with Crippen molar-refractivity contribution in [1.82, 2.24) is 14.2 Å². The van der Waals surface area contributed by atoms with Crippen LogP contribution in [0, 0.1) is 0 Å². The number of carbonyl (C=O) groups is 1. The van der Waals surface area contributed by atoms with E-state index in [0.717, 1.165) is 48.0 Å². The molecule has 2 heterocycles. The van der Waals surface area contributed by atoms with E-state index in [2.05, 4.69) is 0 Å². The second kappa shape index (κ2) is 9.86. The Morgan fingerprint density at radius 2 is 1.83 bits per heavy atom. The predicted molar refractivity (Wildman–Crippen MR) is 138 cm³/mol. The molecule has 7 heteroatoms. The maximum atomic E-state index is 13.5. The van der Waals surface area contributed by atoms with E-state index in [1.54, 1.807) is 19.2 Å². The number of esters is 1. The van der Waals surface area contributed by atoms with Crippen LogP contribution in [-0.4, -0.2) is 33.0 Å². The van der Waals surface area contributed by atoms with Crippen molar-refractivity contribution in [1.29, 1.82) is 0 Å². The van der Waals surface area contributed by atoms with Gasteiger partial charge in [-0.25, -0.2) is 9.78 Å². The van der Waals surface area contributed by atoms with Crippen LogP contribution in [0.15, 0.2) is 64.6 Å². The number of benzene rings is 2. The molecule has 0 spiro atoms. The van der Waals surface area contributed by atoms with Crippen LogP contribution in [0.1, 0.15) is 69.3 Å². The Hall–Kier alpha value is -3.74. The lowest BCUT2D eigenvalue weighted by molar-refractivity contribution is -0.146. The highest BCUT2D eigenvalue weighted by molar-refractivity contribution is 6.00. The van der Waals surface area contributed by atoms with Crippen molar-refractivity contribution in [3.05, 3.63) is 76.5 Å². The van der Waals surface area contributed by atoms with E-state index in [0.29, 0.717) is 17.5 Å². The highest BCUT2D eigenvalue weighted by Crippen LogP contribution is 2.32. The Morgan fingerprint density at radius 3 is 2.60 bits per heavy atom. The minimum atomic E-state index is -0.482. The molecule has 4 aromatic rings. The zero-order valence-electron chi connectivity index (χ0n) is 20.2. The maximum absolute atomic E-state index is 13.5. The summed E-state index contributed by atoms with van der Waals surface area (Å²) in [5.41, 5.74) is 2.29. The normalized spacial score (nSPS) is 15.7. The molecule has 1 atom stereocenters. The third-order valence-corrected chi connectivity index (χ3v) is 6.88. The molecule has 0 bridgehead atoms. The lowest BCUT2D eigenvalue weighted by Crippen LogP contribution is -2.25. The van der Waals surface area contributed by atoms with Gasteiger partial charge in [-0.05, 0) is 44.9 Å². The summed E-state index contributed by atoms with van der Waals surface area (Å²) in [7, 11) is 0. The first-order chi connectivity index (χ1) is 17.1. The Bertz CT molecular complexity index is 1460. The average Bonchev–Trinajstić information content (AvgIpc) is 3.27. The van der Waals surface area contributed by atoms with Crippen LogP contribution in [0.4, 0.5) is 0 Å². The van der Waals surface area contributed by atoms with Gasteiger partial charge in [-0.15, -0.1) is 0 Å². The van der Waals surface area contributed by atoms with Crippen LogP contribution in [0.3, 0.4) is 0 Å². The second-order valence-electron chi connectivity index (χ2n) is 9.12. The smallest absolute Gasteiger partial charge is 0.328 e. The summed E-state index contributed by atoms with van der Waals surface area (Å²) in [4.78, 5) is 30.8. The molecular weight excluding hydrogens is 440 g/mol. The van der Waals surface area contributed by atoms with Crippen LogP contribution >= 0.6 is 0 Å². The molecule has 35 heavy (non-hydrogen) atoms. The number of fused-ring (bicyclic) bond motifs is 2. The van der Waals surface area contributed by atoms with Crippen molar-refractivity contribution >= 4 is 34.0 Å². The lowest BCUT2D eigenvalue weighted by atomic mass is 9.88. The molecular formula is C28H30N4O3.